The van der Waals surface area contributed by atoms with E-state index in [1.54, 1.807) is 0 Å². The summed E-state index contributed by atoms with van der Waals surface area (Å²) < 4.78 is 7.55. The molecular weight excluding hydrogens is 352 g/mol. The zero-order valence-corrected chi connectivity index (χ0v) is 15.8. The maximum Gasteiger partial charge on any atom is 0.223 e. The molecule has 6 nitrogen and oxygen atoms in total. The van der Waals surface area contributed by atoms with Crippen LogP contribution in [0.5, 0.6) is 0 Å². The molecule has 6 heteroatoms. The summed E-state index contributed by atoms with van der Waals surface area (Å²) in [5, 5.41) is 8.38. The highest BCUT2D eigenvalue weighted by atomic mass is 16.5. The van der Waals surface area contributed by atoms with Gasteiger partial charge < -0.3 is 9.64 Å². The van der Waals surface area contributed by atoms with Crippen molar-refractivity contribution in [2.75, 3.05) is 13.1 Å². The summed E-state index contributed by atoms with van der Waals surface area (Å²) in [7, 11) is 0. The molecule has 0 unspecified atom stereocenters. The number of rotatable bonds is 8. The summed E-state index contributed by atoms with van der Waals surface area (Å²) in [5.74, 6) is 0.201. The van der Waals surface area contributed by atoms with Gasteiger partial charge in [-0.25, -0.2) is 4.68 Å². The monoisotopic (exact) mass is 376 g/mol. The third-order valence-electron chi connectivity index (χ3n) is 4.98. The Hall–Kier alpha value is -2.99. The fraction of sp³-hybridized carbons (Fsp3) is 0.318. The van der Waals surface area contributed by atoms with E-state index in [9.17, 15) is 4.79 Å². The number of aryl methyl sites for hydroxylation is 1. The molecule has 1 amide bonds. The van der Waals surface area contributed by atoms with Gasteiger partial charge in [0.15, 0.2) is 0 Å². The second-order valence-corrected chi connectivity index (χ2v) is 7.11. The van der Waals surface area contributed by atoms with Crippen LogP contribution in [0.4, 0.5) is 0 Å². The van der Waals surface area contributed by atoms with Gasteiger partial charge in [0.2, 0.25) is 5.91 Å². The second-order valence-electron chi connectivity index (χ2n) is 7.11. The van der Waals surface area contributed by atoms with Gasteiger partial charge >= 0.3 is 0 Å². The fourth-order valence-electron chi connectivity index (χ4n) is 3.29. The molecule has 0 N–H and O–H groups in total. The van der Waals surface area contributed by atoms with Crippen LogP contribution in [0, 0.1) is 0 Å². The van der Waals surface area contributed by atoms with Crippen LogP contribution in [0.25, 0.3) is 0 Å². The van der Waals surface area contributed by atoms with Gasteiger partial charge in [-0.05, 0) is 17.5 Å². The molecule has 0 aliphatic carbocycles. The van der Waals surface area contributed by atoms with E-state index < -0.39 is 0 Å². The molecule has 0 spiro atoms. The first-order chi connectivity index (χ1) is 13.8. The fourth-order valence-corrected chi connectivity index (χ4v) is 3.29. The van der Waals surface area contributed by atoms with E-state index in [1.807, 2.05) is 64.3 Å². The minimum absolute atomic E-state index is 0.201. The van der Waals surface area contributed by atoms with Crippen molar-refractivity contribution < 1.29 is 9.53 Å². The molecule has 0 bridgehead atoms. The van der Waals surface area contributed by atoms with Gasteiger partial charge in [0, 0.05) is 19.5 Å². The van der Waals surface area contributed by atoms with Crippen LogP contribution in [0.3, 0.4) is 0 Å². The molecule has 4 rings (SSSR count). The number of hydrogen-bond donors (Lipinski definition) is 0. The Morgan fingerprint density at radius 1 is 0.964 bits per heavy atom. The van der Waals surface area contributed by atoms with Crippen molar-refractivity contribution in [2.45, 2.75) is 32.1 Å². The smallest absolute Gasteiger partial charge is 0.223 e. The number of benzene rings is 2. The van der Waals surface area contributed by atoms with Crippen LogP contribution in [-0.4, -0.2) is 38.9 Å². The standard InChI is InChI=1S/C22H24N4O2/c27-22(12-11-18-7-3-1-4-8-18)25-14-21(15-25)26-13-20(23-24-26)17-28-16-19-9-5-2-6-10-19/h1-10,13,21H,11-12,14-17H2. The predicted octanol–water partition coefficient (Wildman–Crippen LogP) is 3.01. The highest BCUT2D eigenvalue weighted by Gasteiger charge is 2.32. The van der Waals surface area contributed by atoms with Crippen LogP contribution in [0.1, 0.15) is 29.3 Å². The molecule has 3 aromatic rings. The average molecular weight is 376 g/mol. The number of carbonyl (C=O) groups excluding carboxylic acids is 1. The quantitative estimate of drug-likeness (QED) is 0.606. The molecule has 0 atom stereocenters. The summed E-state index contributed by atoms with van der Waals surface area (Å²) in [6, 6.07) is 20.4. The summed E-state index contributed by atoms with van der Waals surface area (Å²) in [4.78, 5) is 14.2. The summed E-state index contributed by atoms with van der Waals surface area (Å²) in [6.07, 6.45) is 3.25. The lowest BCUT2D eigenvalue weighted by atomic mass is 10.1. The molecule has 0 saturated carbocycles. The average Bonchev–Trinajstić information content (AvgIpc) is 3.15. The molecule has 1 aliphatic rings. The van der Waals surface area contributed by atoms with Gasteiger partial charge in [0.25, 0.3) is 0 Å². The molecule has 2 aromatic carbocycles. The van der Waals surface area contributed by atoms with E-state index in [4.69, 9.17) is 4.74 Å². The van der Waals surface area contributed by atoms with Crippen molar-refractivity contribution in [2.24, 2.45) is 0 Å². The van der Waals surface area contributed by atoms with E-state index >= 15 is 0 Å². The van der Waals surface area contributed by atoms with Gasteiger partial charge in [-0.2, -0.15) is 0 Å². The van der Waals surface area contributed by atoms with Crippen molar-refractivity contribution in [1.82, 2.24) is 19.9 Å². The first kappa shape index (κ1) is 18.4. The number of ether oxygens (including phenoxy) is 1. The normalized spacial score (nSPS) is 14.1. The summed E-state index contributed by atoms with van der Waals surface area (Å²) >= 11 is 0. The maximum absolute atomic E-state index is 12.3. The largest absolute Gasteiger partial charge is 0.370 e. The Kier molecular flexibility index (Phi) is 5.77. The minimum atomic E-state index is 0.201. The Balaban J connectivity index is 1.19. The van der Waals surface area contributed by atoms with Gasteiger partial charge in [-0.1, -0.05) is 65.9 Å². The lowest BCUT2D eigenvalue weighted by Crippen LogP contribution is -2.51. The van der Waals surface area contributed by atoms with Gasteiger partial charge in [0.1, 0.15) is 5.69 Å². The van der Waals surface area contributed by atoms with Gasteiger partial charge in [-0.15, -0.1) is 5.10 Å². The highest BCUT2D eigenvalue weighted by Crippen LogP contribution is 2.21. The van der Waals surface area contributed by atoms with Crippen LogP contribution >= 0.6 is 0 Å². The Labute approximate surface area is 164 Å². The molecule has 28 heavy (non-hydrogen) atoms. The number of likely N-dealkylation sites (tertiary alicyclic amines) is 1. The van der Waals surface area contributed by atoms with E-state index in [0.29, 0.717) is 32.7 Å². The molecular formula is C22H24N4O2. The highest BCUT2D eigenvalue weighted by molar-refractivity contribution is 5.77. The van der Waals surface area contributed by atoms with Crippen molar-refractivity contribution in [3.05, 3.63) is 83.7 Å². The van der Waals surface area contributed by atoms with E-state index in [1.165, 1.54) is 5.56 Å². The van der Waals surface area contributed by atoms with E-state index in [0.717, 1.165) is 17.7 Å². The lowest BCUT2D eigenvalue weighted by Gasteiger charge is -2.39. The maximum atomic E-state index is 12.3. The van der Waals surface area contributed by atoms with Gasteiger partial charge in [-0.3, -0.25) is 4.79 Å². The molecule has 1 fully saturated rings. The topological polar surface area (TPSA) is 60.2 Å². The van der Waals surface area contributed by atoms with E-state index in [-0.39, 0.29) is 11.9 Å². The third-order valence-corrected chi connectivity index (χ3v) is 4.98. The number of nitrogens with zero attached hydrogens (tertiary/aromatic N) is 4. The zero-order chi connectivity index (χ0) is 19.2. The van der Waals surface area contributed by atoms with Crippen LogP contribution in [0.2, 0.25) is 0 Å². The Morgan fingerprint density at radius 3 is 2.36 bits per heavy atom. The molecule has 1 aromatic heterocycles. The van der Waals surface area contributed by atoms with Gasteiger partial charge in [0.05, 0.1) is 25.5 Å². The molecule has 144 valence electrons. The van der Waals surface area contributed by atoms with Crippen molar-refractivity contribution in [3.8, 4) is 0 Å². The van der Waals surface area contributed by atoms with Crippen LogP contribution < -0.4 is 0 Å². The van der Waals surface area contributed by atoms with E-state index in [2.05, 4.69) is 22.4 Å². The van der Waals surface area contributed by atoms with Crippen molar-refractivity contribution >= 4 is 5.91 Å². The zero-order valence-electron chi connectivity index (χ0n) is 15.8. The molecule has 0 radical (unpaired) electrons. The number of hydrogen-bond acceptors (Lipinski definition) is 4. The van der Waals surface area contributed by atoms with Crippen LogP contribution in [0.15, 0.2) is 66.9 Å². The molecule has 1 aliphatic heterocycles. The minimum Gasteiger partial charge on any atom is -0.370 e. The van der Waals surface area contributed by atoms with Crippen LogP contribution in [-0.2, 0) is 29.2 Å². The first-order valence-corrected chi connectivity index (χ1v) is 9.62. The summed E-state index contributed by atoms with van der Waals surface area (Å²) in [5.41, 5.74) is 3.15. The SMILES string of the molecule is O=C(CCc1ccccc1)N1CC(n2cc(COCc3ccccc3)nn2)C1. The lowest BCUT2D eigenvalue weighted by molar-refractivity contribution is -0.137. The molecule has 1 saturated heterocycles. The number of amides is 1. The van der Waals surface area contributed by atoms with Crippen molar-refractivity contribution in [1.29, 1.82) is 0 Å². The number of aromatic nitrogens is 3. The number of carbonyl (C=O) groups is 1. The first-order valence-electron chi connectivity index (χ1n) is 9.62. The second kappa shape index (κ2) is 8.80. The Bertz CT molecular complexity index is 889. The summed E-state index contributed by atoms with van der Waals surface area (Å²) in [6.45, 7) is 2.38. The van der Waals surface area contributed by atoms with Crippen molar-refractivity contribution in [3.63, 3.8) is 0 Å². The Morgan fingerprint density at radius 2 is 1.64 bits per heavy atom. The third kappa shape index (κ3) is 4.64. The predicted molar refractivity (Wildman–Crippen MR) is 105 cm³/mol. The molecule has 2 heterocycles.